The van der Waals surface area contributed by atoms with Crippen LogP contribution in [0.25, 0.3) is 10.2 Å². The molecule has 8 nitrogen and oxygen atoms in total. The van der Waals surface area contributed by atoms with Crippen LogP contribution in [0.3, 0.4) is 0 Å². The Labute approximate surface area is 185 Å². The summed E-state index contributed by atoms with van der Waals surface area (Å²) in [6.07, 6.45) is 3.20. The molecule has 0 amide bonds. The Bertz CT molecular complexity index is 1520. The van der Waals surface area contributed by atoms with E-state index >= 15 is 0 Å². The lowest BCUT2D eigenvalue weighted by molar-refractivity contribution is 0.397. The van der Waals surface area contributed by atoms with E-state index in [1.807, 2.05) is 30.3 Å². The molecule has 0 radical (unpaired) electrons. The molecule has 1 aliphatic heterocycles. The van der Waals surface area contributed by atoms with Crippen molar-refractivity contribution in [2.75, 3.05) is 5.32 Å². The summed E-state index contributed by atoms with van der Waals surface area (Å²) in [6, 6.07) is 17.1. The van der Waals surface area contributed by atoms with Gasteiger partial charge in [0.05, 0.1) is 21.7 Å². The number of allylic oxidation sites excluding steroid dienone is 1. The minimum Gasteiger partial charge on any atom is -0.438 e. The maximum absolute atomic E-state index is 13.2. The highest BCUT2D eigenvalue weighted by atomic mass is 32.1. The number of nitrogens with zero attached hydrogens (tertiary/aromatic N) is 3. The molecule has 154 valence electrons. The van der Waals surface area contributed by atoms with Crippen molar-refractivity contribution in [2.45, 2.75) is 5.92 Å². The Kier molecular flexibility index (Phi) is 4.59. The number of benzene rings is 1. The number of aromatic amines is 1. The fourth-order valence-electron chi connectivity index (χ4n) is 3.78. The van der Waals surface area contributed by atoms with Crippen LogP contribution in [0.5, 0.6) is 5.75 Å². The lowest BCUT2D eigenvalue weighted by Crippen LogP contribution is -2.27. The first-order chi connectivity index (χ1) is 15.6. The summed E-state index contributed by atoms with van der Waals surface area (Å²) in [5.74, 6) is -0.564. The first-order valence-electron chi connectivity index (χ1n) is 9.54. The molecule has 4 heterocycles. The number of pyridine rings is 2. The molecule has 0 fully saturated rings. The Hall–Kier alpha value is -4.60. The van der Waals surface area contributed by atoms with Gasteiger partial charge in [-0.2, -0.15) is 10.5 Å². The van der Waals surface area contributed by atoms with Crippen LogP contribution in [0.2, 0.25) is 0 Å². The second kappa shape index (κ2) is 7.58. The zero-order chi connectivity index (χ0) is 22.2. The molecular formula is C23H14N6O2S. The van der Waals surface area contributed by atoms with Crippen LogP contribution in [-0.4, -0.2) is 9.97 Å². The number of nitrogens with two attached hydrogens (primary N) is 1. The molecule has 1 aliphatic rings. The van der Waals surface area contributed by atoms with Crippen molar-refractivity contribution in [3.63, 3.8) is 0 Å². The number of thiophene rings is 1. The number of aromatic nitrogens is 2. The number of fused-ring (bicyclic) bond motifs is 3. The SMILES string of the molecule is N#CC1=C(N)Oc2c(c(=O)[nH]c3c(C#N)c(Nc4ccccc4)sc23)[C@H]1c1cccnc1. The van der Waals surface area contributed by atoms with Crippen LogP contribution in [0.1, 0.15) is 22.6 Å². The number of nitrogens with one attached hydrogen (secondary N) is 2. The second-order valence-corrected chi connectivity index (χ2v) is 8.04. The summed E-state index contributed by atoms with van der Waals surface area (Å²) in [7, 11) is 0. The lowest BCUT2D eigenvalue weighted by atomic mass is 9.85. The van der Waals surface area contributed by atoms with E-state index in [-0.39, 0.29) is 22.8 Å². The second-order valence-electron chi connectivity index (χ2n) is 7.02. The predicted octanol–water partition coefficient (Wildman–Crippen LogP) is 3.82. The van der Waals surface area contributed by atoms with E-state index < -0.39 is 11.5 Å². The number of H-pyrrole nitrogens is 1. The molecule has 0 aliphatic carbocycles. The number of rotatable bonds is 3. The predicted molar refractivity (Wildman–Crippen MR) is 120 cm³/mol. The maximum atomic E-state index is 13.2. The van der Waals surface area contributed by atoms with E-state index in [0.717, 1.165) is 5.69 Å². The monoisotopic (exact) mass is 438 g/mol. The normalized spacial score (nSPS) is 14.9. The first kappa shape index (κ1) is 19.4. The number of hydrogen-bond donors (Lipinski definition) is 3. The van der Waals surface area contributed by atoms with Crippen LogP contribution in [0, 0.1) is 22.7 Å². The smallest absolute Gasteiger partial charge is 0.256 e. The minimum absolute atomic E-state index is 0.0785. The van der Waals surface area contributed by atoms with E-state index in [1.165, 1.54) is 11.3 Å². The zero-order valence-electron chi connectivity index (χ0n) is 16.4. The van der Waals surface area contributed by atoms with Gasteiger partial charge in [0.1, 0.15) is 28.3 Å². The number of nitriles is 2. The van der Waals surface area contributed by atoms with Crippen molar-refractivity contribution in [1.29, 1.82) is 10.5 Å². The van der Waals surface area contributed by atoms with Gasteiger partial charge in [-0.1, -0.05) is 24.3 Å². The van der Waals surface area contributed by atoms with Crippen LogP contribution in [0.4, 0.5) is 10.7 Å². The molecule has 5 rings (SSSR count). The van der Waals surface area contributed by atoms with Crippen molar-refractivity contribution < 1.29 is 4.74 Å². The van der Waals surface area contributed by atoms with Gasteiger partial charge in [-0.15, -0.1) is 11.3 Å². The topological polar surface area (TPSA) is 141 Å². The molecule has 0 spiro atoms. The summed E-state index contributed by atoms with van der Waals surface area (Å²) < 4.78 is 6.37. The highest BCUT2D eigenvalue weighted by molar-refractivity contribution is 7.23. The highest BCUT2D eigenvalue weighted by Crippen LogP contribution is 2.47. The average Bonchev–Trinajstić information content (AvgIpc) is 3.16. The van der Waals surface area contributed by atoms with Crippen LogP contribution in [-0.2, 0) is 0 Å². The van der Waals surface area contributed by atoms with E-state index in [1.54, 1.807) is 24.5 Å². The summed E-state index contributed by atoms with van der Waals surface area (Å²) in [5.41, 5.74) is 8.13. The molecule has 0 saturated carbocycles. The fourth-order valence-corrected chi connectivity index (χ4v) is 4.90. The van der Waals surface area contributed by atoms with Crippen LogP contribution >= 0.6 is 11.3 Å². The average molecular weight is 438 g/mol. The van der Waals surface area contributed by atoms with Gasteiger partial charge in [0.25, 0.3) is 5.56 Å². The Balaban J connectivity index is 1.77. The molecule has 1 atom stereocenters. The number of hydrogen-bond acceptors (Lipinski definition) is 8. The van der Waals surface area contributed by atoms with Gasteiger partial charge in [-0.3, -0.25) is 9.78 Å². The van der Waals surface area contributed by atoms with E-state index in [2.05, 4.69) is 27.4 Å². The maximum Gasteiger partial charge on any atom is 0.256 e. The van der Waals surface area contributed by atoms with Crippen molar-refractivity contribution in [3.05, 3.63) is 93.4 Å². The van der Waals surface area contributed by atoms with Gasteiger partial charge < -0.3 is 20.8 Å². The molecule has 0 unspecified atom stereocenters. The summed E-state index contributed by atoms with van der Waals surface area (Å²) in [6.45, 7) is 0. The number of para-hydroxylation sites is 1. The van der Waals surface area contributed by atoms with E-state index in [0.29, 0.717) is 26.3 Å². The summed E-state index contributed by atoms with van der Waals surface area (Å²) in [4.78, 5) is 20.2. The third kappa shape index (κ3) is 2.97. The minimum atomic E-state index is -0.733. The quantitative estimate of drug-likeness (QED) is 0.441. The third-order valence-corrected chi connectivity index (χ3v) is 6.28. The highest BCUT2D eigenvalue weighted by Gasteiger charge is 2.36. The van der Waals surface area contributed by atoms with Gasteiger partial charge >= 0.3 is 0 Å². The van der Waals surface area contributed by atoms with Gasteiger partial charge in [-0.25, -0.2) is 0 Å². The first-order valence-corrected chi connectivity index (χ1v) is 10.4. The molecule has 1 aromatic carbocycles. The molecule has 4 N–H and O–H groups in total. The van der Waals surface area contributed by atoms with Crippen LogP contribution in [0.15, 0.2) is 71.1 Å². The van der Waals surface area contributed by atoms with Gasteiger partial charge in [0, 0.05) is 18.1 Å². The van der Waals surface area contributed by atoms with Crippen molar-refractivity contribution >= 4 is 32.2 Å². The zero-order valence-corrected chi connectivity index (χ0v) is 17.2. The largest absolute Gasteiger partial charge is 0.438 e. The fraction of sp³-hybridized carbons (Fsp3) is 0.0435. The van der Waals surface area contributed by atoms with Gasteiger partial charge in [0.2, 0.25) is 5.88 Å². The van der Waals surface area contributed by atoms with Crippen molar-refractivity contribution in [1.82, 2.24) is 9.97 Å². The van der Waals surface area contributed by atoms with Crippen molar-refractivity contribution in [3.8, 4) is 17.9 Å². The molecule has 3 aromatic heterocycles. The number of anilines is 2. The molecule has 32 heavy (non-hydrogen) atoms. The standard InChI is InChI=1S/C23H14N6O2S/c24-9-14-16(12-5-4-8-27-11-12)17-19(31-21(14)26)20-18(29-22(17)30)15(10-25)23(32-20)28-13-6-2-1-3-7-13/h1-8,11,16,28H,26H2,(H,29,30)/t16-/m0/s1. The Morgan fingerprint density at radius 3 is 2.66 bits per heavy atom. The molecule has 9 heteroatoms. The summed E-state index contributed by atoms with van der Waals surface area (Å²) in [5, 5.41) is 23.3. The van der Waals surface area contributed by atoms with Gasteiger partial charge in [0.15, 0.2) is 5.75 Å². The molecule has 0 bridgehead atoms. The number of ether oxygens (including phenoxy) is 1. The molecular weight excluding hydrogens is 424 g/mol. The molecule has 0 saturated heterocycles. The third-order valence-electron chi connectivity index (χ3n) is 5.18. The van der Waals surface area contributed by atoms with Crippen LogP contribution < -0.4 is 21.3 Å². The molecule has 4 aromatic rings. The lowest BCUT2D eigenvalue weighted by Gasteiger charge is -2.25. The Morgan fingerprint density at radius 1 is 1.16 bits per heavy atom. The van der Waals surface area contributed by atoms with E-state index in [9.17, 15) is 15.3 Å². The van der Waals surface area contributed by atoms with Crippen molar-refractivity contribution in [2.24, 2.45) is 5.73 Å². The summed E-state index contributed by atoms with van der Waals surface area (Å²) >= 11 is 1.27. The van der Waals surface area contributed by atoms with Gasteiger partial charge in [-0.05, 0) is 23.8 Å². The van der Waals surface area contributed by atoms with E-state index in [4.69, 9.17) is 10.5 Å². The Morgan fingerprint density at radius 2 is 1.97 bits per heavy atom.